The van der Waals surface area contributed by atoms with E-state index in [0.717, 1.165) is 22.3 Å². The fraction of sp³-hybridized carbons (Fsp3) is 0.214. The van der Waals surface area contributed by atoms with Crippen LogP contribution in [-0.2, 0) is 13.2 Å². The lowest BCUT2D eigenvalue weighted by Crippen LogP contribution is -1.95. The summed E-state index contributed by atoms with van der Waals surface area (Å²) in [5.41, 5.74) is 8.33. The fourth-order valence-corrected chi connectivity index (χ4v) is 2.27. The number of nitrogens with two attached hydrogens (primary N) is 1. The van der Waals surface area contributed by atoms with Gasteiger partial charge in [-0.25, -0.2) is 0 Å². The molecule has 2 aromatic heterocycles. The normalized spacial score (nSPS) is 10.6. The molecule has 0 spiro atoms. The van der Waals surface area contributed by atoms with E-state index in [1.165, 1.54) is 0 Å². The number of nitrogens with zero attached hydrogens (tertiary/aromatic N) is 1. The molecule has 0 aliphatic rings. The van der Waals surface area contributed by atoms with Gasteiger partial charge >= 0.3 is 0 Å². The largest absolute Gasteiger partial charge is 0.484 e. The monoisotopic (exact) mass is 327 g/mol. The molecule has 0 amide bonds. The summed E-state index contributed by atoms with van der Waals surface area (Å²) < 4.78 is 10.8. The van der Waals surface area contributed by atoms with E-state index in [9.17, 15) is 0 Å². The minimum Gasteiger partial charge on any atom is -0.484 e. The Labute approximate surface area is 132 Å². The fourth-order valence-electron chi connectivity index (χ4n) is 2.05. The minimum absolute atomic E-state index is 0. The molecule has 7 heteroatoms. The van der Waals surface area contributed by atoms with Crippen molar-refractivity contribution >= 4 is 34.9 Å². The predicted octanol–water partition coefficient (Wildman–Crippen LogP) is 3.58. The third-order valence-electron chi connectivity index (χ3n) is 3.00. The summed E-state index contributed by atoms with van der Waals surface area (Å²) in [5.74, 6) is 1.26. The maximum Gasteiger partial charge on any atom is 0.174 e. The number of nitrogens with one attached hydrogen (secondary N) is 1. The molecule has 3 rings (SSSR count). The molecule has 0 atom stereocenters. The Morgan fingerprint density at radius 2 is 2.14 bits per heavy atom. The smallest absolute Gasteiger partial charge is 0.174 e. The third-order valence-corrected chi connectivity index (χ3v) is 3.29. The molecule has 112 valence electrons. The Hall–Kier alpha value is -1.69. The molecule has 0 bridgehead atoms. The number of aromatic amines is 1. The van der Waals surface area contributed by atoms with Gasteiger partial charge in [-0.05, 0) is 19.1 Å². The summed E-state index contributed by atoms with van der Waals surface area (Å²) in [7, 11) is 0. The SMILES string of the molecule is Cc1cc(COc2cc3[nH]c(CN)cc3cc2Cl)on1.Cl. The van der Waals surface area contributed by atoms with Gasteiger partial charge in [0.1, 0.15) is 12.4 Å². The highest BCUT2D eigenvalue weighted by Gasteiger charge is 2.09. The maximum atomic E-state index is 6.21. The first-order chi connectivity index (χ1) is 9.65. The molecule has 3 N–H and O–H groups in total. The lowest BCUT2D eigenvalue weighted by molar-refractivity contribution is 0.249. The second-order valence-electron chi connectivity index (χ2n) is 4.59. The van der Waals surface area contributed by atoms with Crippen molar-refractivity contribution in [2.75, 3.05) is 0 Å². The highest BCUT2D eigenvalue weighted by molar-refractivity contribution is 6.32. The van der Waals surface area contributed by atoms with Crippen LogP contribution in [0.1, 0.15) is 17.1 Å². The van der Waals surface area contributed by atoms with Gasteiger partial charge in [0.25, 0.3) is 0 Å². The highest BCUT2D eigenvalue weighted by atomic mass is 35.5. The molecular formula is C14H15Cl2N3O2. The molecule has 0 unspecified atom stereocenters. The Bertz CT molecular complexity index is 752. The van der Waals surface area contributed by atoms with Crippen molar-refractivity contribution in [1.29, 1.82) is 0 Å². The van der Waals surface area contributed by atoms with Gasteiger partial charge in [-0.15, -0.1) is 12.4 Å². The summed E-state index contributed by atoms with van der Waals surface area (Å²) in [6.07, 6.45) is 0. The first kappa shape index (κ1) is 15.7. The van der Waals surface area contributed by atoms with Gasteiger partial charge in [-0.2, -0.15) is 0 Å². The highest BCUT2D eigenvalue weighted by Crippen LogP contribution is 2.31. The summed E-state index contributed by atoms with van der Waals surface area (Å²) in [6, 6.07) is 7.52. The van der Waals surface area contributed by atoms with Crippen LogP contribution in [0.4, 0.5) is 0 Å². The third kappa shape index (κ3) is 3.32. The second-order valence-corrected chi connectivity index (χ2v) is 5.00. The van der Waals surface area contributed by atoms with Gasteiger partial charge in [-0.3, -0.25) is 0 Å². The Balaban J connectivity index is 0.00000161. The number of aromatic nitrogens is 2. The van der Waals surface area contributed by atoms with Crippen LogP contribution in [-0.4, -0.2) is 10.1 Å². The van der Waals surface area contributed by atoms with Crippen molar-refractivity contribution in [3.8, 4) is 5.75 Å². The van der Waals surface area contributed by atoms with Crippen molar-refractivity contribution < 1.29 is 9.26 Å². The molecule has 5 nitrogen and oxygen atoms in total. The molecule has 0 saturated carbocycles. The predicted molar refractivity (Wildman–Crippen MR) is 84.0 cm³/mol. The zero-order chi connectivity index (χ0) is 14.1. The minimum atomic E-state index is 0. The van der Waals surface area contributed by atoms with Gasteiger partial charge < -0.3 is 20.0 Å². The van der Waals surface area contributed by atoms with E-state index in [4.69, 9.17) is 26.6 Å². The average Bonchev–Trinajstić information content (AvgIpc) is 3.01. The molecule has 0 fully saturated rings. The molecule has 0 aliphatic carbocycles. The first-order valence-electron chi connectivity index (χ1n) is 6.22. The summed E-state index contributed by atoms with van der Waals surface area (Å²) in [4.78, 5) is 3.22. The Morgan fingerprint density at radius 1 is 1.33 bits per heavy atom. The Kier molecular flexibility index (Phi) is 4.77. The number of fused-ring (bicyclic) bond motifs is 1. The summed E-state index contributed by atoms with van der Waals surface area (Å²) in [6.45, 7) is 2.61. The van der Waals surface area contributed by atoms with E-state index in [0.29, 0.717) is 23.1 Å². The van der Waals surface area contributed by atoms with Crippen molar-refractivity contribution in [3.63, 3.8) is 0 Å². The van der Waals surface area contributed by atoms with E-state index in [1.54, 1.807) is 0 Å². The van der Waals surface area contributed by atoms with Crippen molar-refractivity contribution in [2.24, 2.45) is 5.73 Å². The van der Waals surface area contributed by atoms with Gasteiger partial charge in [-0.1, -0.05) is 16.8 Å². The molecule has 2 heterocycles. The van der Waals surface area contributed by atoms with E-state index >= 15 is 0 Å². The molecule has 0 aliphatic heterocycles. The number of aryl methyl sites for hydroxylation is 1. The van der Waals surface area contributed by atoms with Crippen LogP contribution < -0.4 is 10.5 Å². The standard InChI is InChI=1S/C14H14ClN3O2.ClH/c1-8-2-11(20-18-8)7-19-14-5-13-9(4-12(14)15)3-10(6-16)17-13;/h2-5,17H,6-7,16H2,1H3;1H. The summed E-state index contributed by atoms with van der Waals surface area (Å²) >= 11 is 6.21. The number of benzene rings is 1. The lowest BCUT2D eigenvalue weighted by atomic mass is 10.2. The maximum absolute atomic E-state index is 6.21. The van der Waals surface area contributed by atoms with E-state index in [1.807, 2.05) is 31.2 Å². The van der Waals surface area contributed by atoms with Crippen molar-refractivity contribution in [1.82, 2.24) is 10.1 Å². The van der Waals surface area contributed by atoms with Crippen LogP contribution in [0.5, 0.6) is 5.75 Å². The van der Waals surface area contributed by atoms with Crippen LogP contribution >= 0.6 is 24.0 Å². The van der Waals surface area contributed by atoms with Crippen molar-refractivity contribution in [2.45, 2.75) is 20.1 Å². The molecular weight excluding hydrogens is 313 g/mol. The summed E-state index contributed by atoms with van der Waals surface area (Å²) in [5, 5.41) is 5.37. The van der Waals surface area contributed by atoms with Crippen LogP contribution in [0.15, 0.2) is 28.8 Å². The number of rotatable bonds is 4. The van der Waals surface area contributed by atoms with Gasteiger partial charge in [0, 0.05) is 35.3 Å². The Morgan fingerprint density at radius 3 is 2.81 bits per heavy atom. The zero-order valence-electron chi connectivity index (χ0n) is 11.4. The van der Waals surface area contributed by atoms with Crippen LogP contribution in [0, 0.1) is 6.92 Å². The molecule has 0 saturated heterocycles. The first-order valence-corrected chi connectivity index (χ1v) is 6.59. The second kappa shape index (κ2) is 6.39. The van der Waals surface area contributed by atoms with E-state index < -0.39 is 0 Å². The van der Waals surface area contributed by atoms with Gasteiger partial charge in [0.15, 0.2) is 5.76 Å². The van der Waals surface area contributed by atoms with Crippen LogP contribution in [0.3, 0.4) is 0 Å². The van der Waals surface area contributed by atoms with Crippen LogP contribution in [0.25, 0.3) is 10.9 Å². The number of halogens is 2. The molecule has 21 heavy (non-hydrogen) atoms. The molecule has 1 aromatic carbocycles. The number of ether oxygens (including phenoxy) is 1. The van der Waals surface area contributed by atoms with E-state index in [-0.39, 0.29) is 19.0 Å². The van der Waals surface area contributed by atoms with E-state index in [2.05, 4.69) is 10.1 Å². The molecule has 3 aromatic rings. The topological polar surface area (TPSA) is 77.1 Å². The van der Waals surface area contributed by atoms with Gasteiger partial charge in [0.2, 0.25) is 0 Å². The number of hydrogen-bond donors (Lipinski definition) is 2. The zero-order valence-corrected chi connectivity index (χ0v) is 12.9. The van der Waals surface area contributed by atoms with Gasteiger partial charge in [0.05, 0.1) is 10.7 Å². The van der Waals surface area contributed by atoms with Crippen LogP contribution in [0.2, 0.25) is 5.02 Å². The van der Waals surface area contributed by atoms with Crippen molar-refractivity contribution in [3.05, 3.63) is 46.4 Å². The molecule has 0 radical (unpaired) electrons. The number of hydrogen-bond acceptors (Lipinski definition) is 4. The lowest BCUT2D eigenvalue weighted by Gasteiger charge is -2.06. The average molecular weight is 328 g/mol. The quantitative estimate of drug-likeness (QED) is 0.767. The number of H-pyrrole nitrogens is 1.